The van der Waals surface area contributed by atoms with Gasteiger partial charge in [-0.05, 0) is 69.3 Å². The van der Waals surface area contributed by atoms with Crippen LogP contribution in [0.15, 0.2) is 50.3 Å². The van der Waals surface area contributed by atoms with E-state index in [1.807, 2.05) is 13.8 Å². The van der Waals surface area contributed by atoms with E-state index in [1.54, 1.807) is 30.3 Å². The number of nitrogens with one attached hydrogen (secondary N) is 6. The van der Waals surface area contributed by atoms with Crippen molar-refractivity contribution in [2.24, 2.45) is 83.2 Å². The Morgan fingerprint density at radius 1 is 0.471 bits per heavy atom. The Balaban J connectivity index is 3.68. The van der Waals surface area contributed by atoms with E-state index in [-0.39, 0.29) is 114 Å². The molecule has 70 heavy (non-hydrogen) atoms. The van der Waals surface area contributed by atoms with E-state index in [4.69, 9.17) is 57.3 Å². The number of aliphatic hydroxyl groups excluding tert-OH is 1. The highest BCUT2D eigenvalue weighted by molar-refractivity contribution is 5.97. The molecule has 1 aromatic rings. The quantitative estimate of drug-likeness (QED) is 0.0173. The SMILES string of the molecule is CC(C)C[C@H](N)C(=O)N[C@@H](CCCN=C(N)N)C(=O)N[C@@H](CCCN=C(N)N)C(=O)N[C@@H](CCCN=C(N)N)C(=O)N[C@@H](CCCN=C(N)N)C(=O)N[C@@H](Cc1ccccc1)C(=O)N[C@@H](CO)C(N)=O. The topological polar surface area (TPSA) is 522 Å². The van der Waals surface area contributed by atoms with Crippen LogP contribution in [0.3, 0.4) is 0 Å². The maximum absolute atomic E-state index is 14.3. The first-order valence-corrected chi connectivity index (χ1v) is 22.8. The summed E-state index contributed by atoms with van der Waals surface area (Å²) in [4.78, 5) is 111. The zero-order valence-corrected chi connectivity index (χ0v) is 40.0. The number of benzene rings is 1. The molecule has 1 rings (SSSR count). The average Bonchev–Trinajstić information content (AvgIpc) is 3.28. The lowest BCUT2D eigenvalue weighted by molar-refractivity contribution is -0.135. The molecular formula is C42H76N20O8. The number of primary amides is 1. The first-order chi connectivity index (χ1) is 33.0. The van der Waals surface area contributed by atoms with Gasteiger partial charge in [0.2, 0.25) is 41.4 Å². The molecule has 0 heterocycles. The molecule has 0 aliphatic heterocycles. The molecular weight excluding hydrogens is 913 g/mol. The minimum absolute atomic E-state index is 0.0275. The van der Waals surface area contributed by atoms with Crippen molar-refractivity contribution < 1.29 is 38.7 Å². The zero-order chi connectivity index (χ0) is 52.8. The number of carbonyl (C=O) groups is 7. The fourth-order valence-corrected chi connectivity index (χ4v) is 6.61. The van der Waals surface area contributed by atoms with E-state index in [0.717, 1.165) is 0 Å². The van der Waals surface area contributed by atoms with Gasteiger partial charge in [0.05, 0.1) is 12.6 Å². The van der Waals surface area contributed by atoms with Gasteiger partial charge < -0.3 is 94.3 Å². The molecule has 0 aliphatic rings. The number of nitrogens with zero attached hydrogens (tertiary/aromatic N) is 4. The highest BCUT2D eigenvalue weighted by atomic mass is 16.3. The van der Waals surface area contributed by atoms with Gasteiger partial charge in [0.15, 0.2) is 23.8 Å². The fourth-order valence-electron chi connectivity index (χ4n) is 6.61. The normalized spacial score (nSPS) is 13.8. The van der Waals surface area contributed by atoms with Crippen LogP contribution in [-0.4, -0.2) is 145 Å². The predicted octanol–water partition coefficient (Wildman–Crippen LogP) is -6.80. The largest absolute Gasteiger partial charge is 0.394 e. The van der Waals surface area contributed by atoms with Crippen LogP contribution in [0.1, 0.15) is 77.2 Å². The van der Waals surface area contributed by atoms with Crippen molar-refractivity contribution in [3.63, 3.8) is 0 Å². The van der Waals surface area contributed by atoms with Crippen LogP contribution >= 0.6 is 0 Å². The Kier molecular flexibility index (Phi) is 28.6. The molecule has 0 saturated carbocycles. The Hall–Kier alpha value is -7.49. The van der Waals surface area contributed by atoms with Crippen molar-refractivity contribution in [1.29, 1.82) is 0 Å². The predicted molar refractivity (Wildman–Crippen MR) is 265 cm³/mol. The van der Waals surface area contributed by atoms with E-state index in [1.165, 1.54) is 0 Å². The minimum Gasteiger partial charge on any atom is -0.394 e. The van der Waals surface area contributed by atoms with Crippen molar-refractivity contribution in [2.75, 3.05) is 32.8 Å². The molecule has 0 saturated heterocycles. The molecule has 0 unspecified atom stereocenters. The summed E-state index contributed by atoms with van der Waals surface area (Å²) < 4.78 is 0. The number of hydrogen-bond acceptors (Lipinski definition) is 13. The van der Waals surface area contributed by atoms with Crippen LogP contribution in [0.5, 0.6) is 0 Å². The lowest BCUT2D eigenvalue weighted by Crippen LogP contribution is -2.60. The molecule has 27 N–H and O–H groups in total. The molecule has 1 aromatic carbocycles. The number of rotatable bonds is 34. The summed E-state index contributed by atoms with van der Waals surface area (Å²) in [5, 5.41) is 25.3. The average molecular weight is 989 g/mol. The monoisotopic (exact) mass is 989 g/mol. The highest BCUT2D eigenvalue weighted by Gasteiger charge is 2.33. The van der Waals surface area contributed by atoms with E-state index in [2.05, 4.69) is 51.9 Å². The van der Waals surface area contributed by atoms with Crippen molar-refractivity contribution in [1.82, 2.24) is 31.9 Å². The number of guanidine groups is 4. The van der Waals surface area contributed by atoms with Crippen molar-refractivity contribution >= 4 is 65.2 Å². The summed E-state index contributed by atoms with van der Waals surface area (Å²) in [6.07, 6.45) is 0.677. The second-order valence-electron chi connectivity index (χ2n) is 16.7. The summed E-state index contributed by atoms with van der Waals surface area (Å²) >= 11 is 0. The van der Waals surface area contributed by atoms with Gasteiger partial charge >= 0.3 is 0 Å². The van der Waals surface area contributed by atoms with E-state index >= 15 is 0 Å². The third kappa shape index (κ3) is 26.2. The molecule has 0 aromatic heterocycles. The van der Waals surface area contributed by atoms with Crippen LogP contribution in [0.2, 0.25) is 0 Å². The molecule has 0 bridgehead atoms. The van der Waals surface area contributed by atoms with Gasteiger partial charge in [0, 0.05) is 32.6 Å². The van der Waals surface area contributed by atoms with Crippen LogP contribution < -0.4 is 89.2 Å². The number of carbonyl (C=O) groups excluding carboxylic acids is 7. The number of nitrogens with two attached hydrogens (primary N) is 10. The Morgan fingerprint density at radius 3 is 1.07 bits per heavy atom. The van der Waals surface area contributed by atoms with Gasteiger partial charge in [-0.1, -0.05) is 44.2 Å². The maximum Gasteiger partial charge on any atom is 0.243 e. The van der Waals surface area contributed by atoms with Crippen LogP contribution in [0, 0.1) is 5.92 Å². The second-order valence-corrected chi connectivity index (χ2v) is 16.7. The number of hydrogen-bond donors (Lipinski definition) is 17. The molecule has 7 amide bonds. The smallest absolute Gasteiger partial charge is 0.243 e. The molecule has 7 atom stereocenters. The molecule has 28 nitrogen and oxygen atoms in total. The summed E-state index contributed by atoms with van der Waals surface area (Å²) in [5.74, 6) is -6.62. The molecule has 392 valence electrons. The Morgan fingerprint density at radius 2 is 0.771 bits per heavy atom. The van der Waals surface area contributed by atoms with Crippen LogP contribution in [0.25, 0.3) is 0 Å². The molecule has 28 heteroatoms. The minimum atomic E-state index is -1.48. The van der Waals surface area contributed by atoms with Crippen LogP contribution in [0.4, 0.5) is 0 Å². The third-order valence-electron chi connectivity index (χ3n) is 10.1. The third-order valence-corrected chi connectivity index (χ3v) is 10.1. The van der Waals surface area contributed by atoms with E-state index in [9.17, 15) is 38.7 Å². The molecule has 0 fully saturated rings. The molecule has 0 spiro atoms. The highest BCUT2D eigenvalue weighted by Crippen LogP contribution is 2.11. The fraction of sp³-hybridized carbons (Fsp3) is 0.595. The summed E-state index contributed by atoms with van der Waals surface area (Å²) in [6, 6.07) is -0.594. The summed E-state index contributed by atoms with van der Waals surface area (Å²) in [7, 11) is 0. The zero-order valence-electron chi connectivity index (χ0n) is 40.0. The number of aliphatic hydroxyl groups is 1. The van der Waals surface area contributed by atoms with E-state index < -0.39 is 90.3 Å². The number of amides is 7. The first-order valence-electron chi connectivity index (χ1n) is 22.8. The van der Waals surface area contributed by atoms with Crippen LogP contribution in [-0.2, 0) is 40.0 Å². The maximum atomic E-state index is 14.3. The lowest BCUT2D eigenvalue weighted by Gasteiger charge is -2.28. The Bertz CT molecular complexity index is 1950. The Labute approximate surface area is 407 Å². The summed E-state index contributed by atoms with van der Waals surface area (Å²) in [5.41, 5.74) is 56.1. The van der Waals surface area contributed by atoms with E-state index in [0.29, 0.717) is 12.0 Å². The lowest BCUT2D eigenvalue weighted by atomic mass is 10.0. The van der Waals surface area contributed by atoms with Gasteiger partial charge in [-0.3, -0.25) is 53.5 Å². The molecule has 0 radical (unpaired) electrons. The molecule has 0 aliphatic carbocycles. The van der Waals surface area contributed by atoms with Gasteiger partial charge in [0.25, 0.3) is 0 Å². The van der Waals surface area contributed by atoms with Crippen molar-refractivity contribution in [2.45, 2.75) is 120 Å². The van der Waals surface area contributed by atoms with Crippen molar-refractivity contribution in [3.05, 3.63) is 35.9 Å². The van der Waals surface area contributed by atoms with Crippen molar-refractivity contribution in [3.8, 4) is 0 Å². The van der Waals surface area contributed by atoms with Gasteiger partial charge in [0.1, 0.15) is 36.3 Å². The van der Waals surface area contributed by atoms with Gasteiger partial charge in [-0.2, -0.15) is 0 Å². The second kappa shape index (κ2) is 33.1. The first kappa shape index (κ1) is 60.5. The summed E-state index contributed by atoms with van der Waals surface area (Å²) in [6.45, 7) is 3.17. The van der Waals surface area contributed by atoms with Gasteiger partial charge in [-0.15, -0.1) is 0 Å². The van der Waals surface area contributed by atoms with Gasteiger partial charge in [-0.25, -0.2) is 0 Å². The number of aliphatic imine (C=N–C) groups is 4. The standard InChI is InChI=1S/C42H76N20O8/c1-23(2)20-25(43)33(65)57-26(12-6-16-53-39(45)46)34(66)58-27(13-7-17-54-40(47)48)35(67)59-28(14-8-18-55-41(49)50)36(68)60-29(15-9-19-56-42(51)52)37(69)61-30(21-24-10-4-3-5-11-24)38(70)62-31(22-63)32(44)64/h3-5,10-11,23,25-31,63H,6-9,12-22,43H2,1-2H3,(H2,44,64)(H,57,65)(H,58,66)(H,59,67)(H,60,68)(H,61,69)(H,62,70)(H4,45,46,53)(H4,47,48,54)(H4,49,50,55)(H4,51,52,56)/t25-,26-,27-,28-,29-,30-,31-/m0/s1.